The number of aliphatic carboxylic acids is 2. The van der Waals surface area contributed by atoms with E-state index in [4.69, 9.17) is 22.3 Å². The molecule has 0 radical (unpaired) electrons. The number of hydrogen-bond donors (Lipinski definition) is 8. The number of nitrogens with one attached hydrogen (secondary N) is 3. The summed E-state index contributed by atoms with van der Waals surface area (Å²) in [5, 5.41) is 25.0. The maximum Gasteiger partial charge on any atom is 0.326 e. The largest absolute Gasteiger partial charge is 0.481 e. The van der Waals surface area contributed by atoms with Gasteiger partial charge in [-0.05, 0) is 18.4 Å². The number of hydrogen-bond acceptors (Lipinski definition) is 8. The van der Waals surface area contributed by atoms with Gasteiger partial charge in [-0.25, -0.2) is 4.79 Å². The molecule has 0 aromatic heterocycles. The van der Waals surface area contributed by atoms with E-state index in [1.54, 1.807) is 30.3 Å². The predicted octanol–water partition coefficient (Wildman–Crippen LogP) is -2.90. The third-order valence-electron chi connectivity index (χ3n) is 5.25. The van der Waals surface area contributed by atoms with Gasteiger partial charge in [0.1, 0.15) is 18.1 Å². The van der Waals surface area contributed by atoms with Crippen molar-refractivity contribution in [3.05, 3.63) is 35.9 Å². The van der Waals surface area contributed by atoms with Gasteiger partial charge in [0.05, 0.1) is 12.5 Å². The van der Waals surface area contributed by atoms with Crippen molar-refractivity contribution in [3.63, 3.8) is 0 Å². The van der Waals surface area contributed by atoms with E-state index in [0.29, 0.717) is 5.56 Å². The van der Waals surface area contributed by atoms with Crippen molar-refractivity contribution < 1.29 is 43.8 Å². The number of amides is 5. The third kappa shape index (κ3) is 11.9. The topological polar surface area (TPSA) is 274 Å². The molecule has 0 heterocycles. The second kappa shape index (κ2) is 15.6. The summed E-state index contributed by atoms with van der Waals surface area (Å²) in [6.07, 6.45) is -2.04. The normalized spacial score (nSPS) is 13.7. The van der Waals surface area contributed by atoms with Gasteiger partial charge in [-0.2, -0.15) is 0 Å². The lowest BCUT2D eigenvalue weighted by Gasteiger charge is -2.25. The molecule has 208 valence electrons. The van der Waals surface area contributed by atoms with Crippen LogP contribution in [-0.2, 0) is 40.0 Å². The Morgan fingerprint density at radius 3 is 1.79 bits per heavy atom. The number of carboxylic acid groups (broad SMARTS) is 2. The minimum Gasteiger partial charge on any atom is -0.481 e. The quantitative estimate of drug-likeness (QED) is 0.100. The second-order valence-corrected chi connectivity index (χ2v) is 8.43. The Morgan fingerprint density at radius 1 is 0.711 bits per heavy atom. The highest BCUT2D eigenvalue weighted by Crippen LogP contribution is 2.07. The van der Waals surface area contributed by atoms with Crippen LogP contribution >= 0.6 is 0 Å². The van der Waals surface area contributed by atoms with Crippen molar-refractivity contribution in [2.24, 2.45) is 17.2 Å². The lowest BCUT2D eigenvalue weighted by atomic mass is 10.0. The van der Waals surface area contributed by atoms with Crippen LogP contribution < -0.4 is 33.2 Å². The van der Waals surface area contributed by atoms with E-state index in [1.807, 2.05) is 0 Å². The van der Waals surface area contributed by atoms with Crippen molar-refractivity contribution >= 4 is 41.5 Å². The molecular weight excluding hydrogens is 504 g/mol. The molecule has 0 saturated heterocycles. The average molecular weight is 537 g/mol. The molecule has 0 fully saturated rings. The molecule has 0 aliphatic heterocycles. The molecule has 5 amide bonds. The smallest absolute Gasteiger partial charge is 0.326 e. The first-order chi connectivity index (χ1) is 17.8. The standard InChI is InChI=1S/C23H32N6O9/c24-13(6-9-19(32)33)20(34)28-16(11-18(26)31)22(36)29-15(10-12-4-2-1-3-5-12)21(35)27-14(23(37)38)7-8-17(25)30/h1-5,13-16H,6-11,24H2,(H2,25,30)(H2,26,31)(H,27,35)(H,28,34)(H,29,36)(H,32,33)(H,37,38). The van der Waals surface area contributed by atoms with Gasteiger partial charge >= 0.3 is 11.9 Å². The molecule has 0 aliphatic rings. The van der Waals surface area contributed by atoms with Crippen LogP contribution in [0.4, 0.5) is 0 Å². The maximum atomic E-state index is 13.0. The lowest BCUT2D eigenvalue weighted by molar-refractivity contribution is -0.143. The number of primary amides is 2. The van der Waals surface area contributed by atoms with E-state index in [1.165, 1.54) is 0 Å². The van der Waals surface area contributed by atoms with Gasteiger partial charge in [-0.1, -0.05) is 30.3 Å². The maximum absolute atomic E-state index is 13.0. The highest BCUT2D eigenvalue weighted by atomic mass is 16.4. The Bertz CT molecular complexity index is 1030. The first-order valence-electron chi connectivity index (χ1n) is 11.5. The fourth-order valence-corrected chi connectivity index (χ4v) is 3.25. The summed E-state index contributed by atoms with van der Waals surface area (Å²) in [5.74, 6) is -7.20. The van der Waals surface area contributed by atoms with E-state index in [9.17, 15) is 38.7 Å². The third-order valence-corrected chi connectivity index (χ3v) is 5.25. The molecule has 1 rings (SSSR count). The number of rotatable bonds is 17. The molecular formula is C23H32N6O9. The molecule has 11 N–H and O–H groups in total. The number of benzene rings is 1. The Labute approximate surface area is 217 Å². The summed E-state index contributed by atoms with van der Waals surface area (Å²) >= 11 is 0. The van der Waals surface area contributed by atoms with Crippen molar-refractivity contribution in [3.8, 4) is 0 Å². The minimum absolute atomic E-state index is 0.101. The van der Waals surface area contributed by atoms with E-state index in [0.717, 1.165) is 0 Å². The van der Waals surface area contributed by atoms with E-state index < -0.39 is 78.5 Å². The molecule has 1 aromatic carbocycles. The lowest BCUT2D eigenvalue weighted by Crippen LogP contribution is -2.58. The van der Waals surface area contributed by atoms with Gasteiger partial charge in [0.2, 0.25) is 29.5 Å². The summed E-state index contributed by atoms with van der Waals surface area (Å²) in [6, 6.07) is 2.64. The molecule has 0 bridgehead atoms. The molecule has 0 spiro atoms. The van der Waals surface area contributed by atoms with Crippen LogP contribution in [0.5, 0.6) is 0 Å². The van der Waals surface area contributed by atoms with Gasteiger partial charge in [0.15, 0.2) is 0 Å². The van der Waals surface area contributed by atoms with Crippen LogP contribution in [0.2, 0.25) is 0 Å². The van der Waals surface area contributed by atoms with Crippen molar-refractivity contribution in [1.82, 2.24) is 16.0 Å². The van der Waals surface area contributed by atoms with Crippen LogP contribution in [0.15, 0.2) is 30.3 Å². The average Bonchev–Trinajstić information content (AvgIpc) is 2.83. The highest BCUT2D eigenvalue weighted by molar-refractivity contribution is 5.96. The molecule has 15 nitrogen and oxygen atoms in total. The van der Waals surface area contributed by atoms with Crippen LogP contribution in [0.25, 0.3) is 0 Å². The zero-order valence-corrected chi connectivity index (χ0v) is 20.4. The molecule has 38 heavy (non-hydrogen) atoms. The molecule has 0 saturated carbocycles. The fourth-order valence-electron chi connectivity index (χ4n) is 3.25. The summed E-state index contributed by atoms with van der Waals surface area (Å²) in [7, 11) is 0. The Hall–Kier alpha value is -4.53. The summed E-state index contributed by atoms with van der Waals surface area (Å²) in [5.41, 5.74) is 16.5. The van der Waals surface area contributed by atoms with Crippen LogP contribution in [-0.4, -0.2) is 75.9 Å². The first kappa shape index (κ1) is 31.5. The van der Waals surface area contributed by atoms with Crippen LogP contribution in [0.1, 0.15) is 37.7 Å². The van der Waals surface area contributed by atoms with E-state index in [2.05, 4.69) is 16.0 Å². The number of nitrogens with two attached hydrogens (primary N) is 3. The number of carbonyl (C=O) groups is 7. The Kier molecular flexibility index (Phi) is 12.9. The summed E-state index contributed by atoms with van der Waals surface area (Å²) < 4.78 is 0. The Balaban J connectivity index is 3.11. The van der Waals surface area contributed by atoms with Gasteiger partial charge in [-0.3, -0.25) is 28.8 Å². The SMILES string of the molecule is NC(=O)CCC(NC(=O)C(Cc1ccccc1)NC(=O)C(CC(N)=O)NC(=O)C(N)CCC(=O)O)C(=O)O. The fraction of sp³-hybridized carbons (Fsp3) is 0.435. The molecule has 15 heteroatoms. The molecule has 4 unspecified atom stereocenters. The number of carboxylic acids is 2. The van der Waals surface area contributed by atoms with Crippen molar-refractivity contribution in [1.29, 1.82) is 0 Å². The second-order valence-electron chi connectivity index (χ2n) is 8.43. The molecule has 0 aliphatic carbocycles. The Morgan fingerprint density at radius 2 is 1.26 bits per heavy atom. The van der Waals surface area contributed by atoms with Gasteiger partial charge in [-0.15, -0.1) is 0 Å². The van der Waals surface area contributed by atoms with Gasteiger partial charge in [0.25, 0.3) is 0 Å². The van der Waals surface area contributed by atoms with Gasteiger partial charge in [0, 0.05) is 19.3 Å². The monoisotopic (exact) mass is 536 g/mol. The summed E-state index contributed by atoms with van der Waals surface area (Å²) in [4.78, 5) is 83.3. The van der Waals surface area contributed by atoms with Gasteiger partial charge < -0.3 is 43.4 Å². The summed E-state index contributed by atoms with van der Waals surface area (Å²) in [6.45, 7) is 0. The van der Waals surface area contributed by atoms with Crippen LogP contribution in [0, 0.1) is 0 Å². The predicted molar refractivity (Wildman–Crippen MR) is 131 cm³/mol. The minimum atomic E-state index is -1.56. The molecule has 1 aromatic rings. The highest BCUT2D eigenvalue weighted by Gasteiger charge is 2.31. The molecule has 4 atom stereocenters. The zero-order chi connectivity index (χ0) is 28.8. The first-order valence-corrected chi connectivity index (χ1v) is 11.5. The zero-order valence-electron chi connectivity index (χ0n) is 20.4. The van der Waals surface area contributed by atoms with E-state index >= 15 is 0 Å². The van der Waals surface area contributed by atoms with Crippen molar-refractivity contribution in [2.45, 2.75) is 62.7 Å². The van der Waals surface area contributed by atoms with E-state index in [-0.39, 0.29) is 25.7 Å². The van der Waals surface area contributed by atoms with Crippen molar-refractivity contribution in [2.75, 3.05) is 0 Å². The van der Waals surface area contributed by atoms with Crippen LogP contribution in [0.3, 0.4) is 0 Å². The number of carbonyl (C=O) groups excluding carboxylic acids is 5.